The number of carbonyl (C=O) groups excluding carboxylic acids is 1. The second-order valence-corrected chi connectivity index (χ2v) is 5.85. The molecule has 1 amide bonds. The van der Waals surface area contributed by atoms with Gasteiger partial charge in [0.15, 0.2) is 0 Å². The fourth-order valence-corrected chi connectivity index (χ4v) is 2.11. The highest BCUT2D eigenvalue weighted by Crippen LogP contribution is 2.14. The summed E-state index contributed by atoms with van der Waals surface area (Å²) in [4.78, 5) is 14.2. The van der Waals surface area contributed by atoms with Crippen LogP contribution >= 0.6 is 15.9 Å². The lowest BCUT2D eigenvalue weighted by Crippen LogP contribution is -2.47. The maximum absolute atomic E-state index is 11.8. The number of rotatable bonds is 4. The van der Waals surface area contributed by atoms with Gasteiger partial charge in [-0.05, 0) is 25.3 Å². The topological polar surface area (TPSA) is 32.3 Å². The van der Waals surface area contributed by atoms with E-state index in [1.54, 1.807) is 0 Å². The van der Waals surface area contributed by atoms with E-state index in [1.807, 2.05) is 0 Å². The fourth-order valence-electron chi connectivity index (χ4n) is 1.98. The first-order valence-corrected chi connectivity index (χ1v) is 7.13. The Morgan fingerprint density at radius 3 is 2.44 bits per heavy atom. The Morgan fingerprint density at radius 1 is 1.44 bits per heavy atom. The molecule has 0 aromatic carbocycles. The second-order valence-electron chi connectivity index (χ2n) is 4.86. The Morgan fingerprint density at radius 2 is 2.00 bits per heavy atom. The van der Waals surface area contributed by atoms with Crippen LogP contribution in [0.2, 0.25) is 0 Å². The number of hydrogen-bond donors (Lipinski definition) is 1. The smallest absolute Gasteiger partial charge is 0.234 e. The van der Waals surface area contributed by atoms with Crippen LogP contribution < -0.4 is 5.32 Å². The molecule has 4 heteroatoms. The van der Waals surface area contributed by atoms with Gasteiger partial charge >= 0.3 is 0 Å². The van der Waals surface area contributed by atoms with Crippen LogP contribution in [0.25, 0.3) is 0 Å². The van der Waals surface area contributed by atoms with Gasteiger partial charge in [0.2, 0.25) is 5.91 Å². The zero-order chi connectivity index (χ0) is 12.1. The minimum atomic E-state index is -0.0586. The molecular weight excluding hydrogens is 268 g/mol. The third-order valence-electron chi connectivity index (χ3n) is 3.22. The van der Waals surface area contributed by atoms with Crippen LogP contribution in [-0.2, 0) is 4.79 Å². The number of amides is 1. The van der Waals surface area contributed by atoms with Gasteiger partial charge in [0.25, 0.3) is 0 Å². The predicted octanol–water partition coefficient (Wildman–Crippen LogP) is 2.01. The van der Waals surface area contributed by atoms with Crippen molar-refractivity contribution in [3.63, 3.8) is 0 Å². The number of alkyl halides is 1. The number of piperidine rings is 1. The minimum Gasteiger partial charge on any atom is -0.352 e. The Kier molecular flexibility index (Phi) is 5.76. The molecule has 1 fully saturated rings. The van der Waals surface area contributed by atoms with E-state index in [0.717, 1.165) is 32.5 Å². The van der Waals surface area contributed by atoms with Gasteiger partial charge in [-0.25, -0.2) is 0 Å². The van der Waals surface area contributed by atoms with Crippen LogP contribution in [0, 0.1) is 5.92 Å². The summed E-state index contributed by atoms with van der Waals surface area (Å²) in [6, 6.07) is 0.370. The Bertz CT molecular complexity index is 225. The highest BCUT2D eigenvalue weighted by atomic mass is 79.9. The second kappa shape index (κ2) is 6.60. The van der Waals surface area contributed by atoms with Gasteiger partial charge in [-0.2, -0.15) is 0 Å². The maximum Gasteiger partial charge on any atom is 0.234 e. The lowest BCUT2D eigenvalue weighted by Gasteiger charge is -2.32. The van der Waals surface area contributed by atoms with Crippen molar-refractivity contribution in [2.75, 3.05) is 19.6 Å². The molecule has 0 radical (unpaired) electrons. The Labute approximate surface area is 107 Å². The Hall–Kier alpha value is -0.0900. The first kappa shape index (κ1) is 14.0. The average Bonchev–Trinajstić information content (AvgIpc) is 2.28. The summed E-state index contributed by atoms with van der Waals surface area (Å²) in [6.07, 6.45) is 2.16. The van der Waals surface area contributed by atoms with E-state index in [2.05, 4.69) is 46.9 Å². The average molecular weight is 291 g/mol. The maximum atomic E-state index is 11.8. The molecule has 0 bridgehead atoms. The molecule has 1 N–H and O–H groups in total. The number of carbonyl (C=O) groups is 1. The monoisotopic (exact) mass is 290 g/mol. The zero-order valence-corrected chi connectivity index (χ0v) is 12.1. The zero-order valence-electron chi connectivity index (χ0n) is 10.5. The predicted molar refractivity (Wildman–Crippen MR) is 70.8 cm³/mol. The third kappa shape index (κ3) is 4.06. The van der Waals surface area contributed by atoms with E-state index in [4.69, 9.17) is 0 Å². The molecule has 3 nitrogen and oxygen atoms in total. The van der Waals surface area contributed by atoms with Crippen molar-refractivity contribution in [3.05, 3.63) is 0 Å². The fraction of sp³-hybridized carbons (Fsp3) is 0.917. The number of halogens is 1. The van der Waals surface area contributed by atoms with Gasteiger partial charge in [0.05, 0.1) is 4.83 Å². The number of nitrogens with one attached hydrogen (secondary N) is 1. The molecule has 0 aliphatic carbocycles. The molecule has 1 saturated heterocycles. The van der Waals surface area contributed by atoms with Crippen LogP contribution in [0.3, 0.4) is 0 Å². The van der Waals surface area contributed by atoms with Crippen molar-refractivity contribution in [1.29, 1.82) is 0 Å². The van der Waals surface area contributed by atoms with Crippen LogP contribution in [0.15, 0.2) is 0 Å². The van der Waals surface area contributed by atoms with Gasteiger partial charge in [-0.1, -0.05) is 36.7 Å². The molecule has 0 saturated carbocycles. The number of hydrogen-bond acceptors (Lipinski definition) is 2. The number of likely N-dealkylation sites (tertiary alicyclic amines) is 1. The largest absolute Gasteiger partial charge is 0.352 e. The van der Waals surface area contributed by atoms with Gasteiger partial charge in [-0.3, -0.25) is 4.79 Å². The third-order valence-corrected chi connectivity index (χ3v) is 4.69. The number of nitrogens with zero attached hydrogens (tertiary/aromatic N) is 1. The molecule has 0 aromatic rings. The van der Waals surface area contributed by atoms with Crippen molar-refractivity contribution in [1.82, 2.24) is 10.2 Å². The van der Waals surface area contributed by atoms with E-state index in [9.17, 15) is 4.79 Å². The highest BCUT2D eigenvalue weighted by Gasteiger charge is 2.24. The van der Waals surface area contributed by atoms with E-state index in [-0.39, 0.29) is 10.7 Å². The summed E-state index contributed by atoms with van der Waals surface area (Å²) in [5.74, 6) is 0.487. The quantitative estimate of drug-likeness (QED) is 0.804. The summed E-state index contributed by atoms with van der Waals surface area (Å²) >= 11 is 3.44. The normalized spacial score (nSPS) is 21.1. The highest BCUT2D eigenvalue weighted by molar-refractivity contribution is 9.10. The molecule has 1 rings (SSSR count). The summed E-state index contributed by atoms with van der Waals surface area (Å²) < 4.78 is 0. The molecule has 1 aliphatic heterocycles. The van der Waals surface area contributed by atoms with Crippen LogP contribution in [0.1, 0.15) is 33.6 Å². The molecular formula is C12H23BrN2O. The van der Waals surface area contributed by atoms with Crippen LogP contribution in [0.5, 0.6) is 0 Å². The molecule has 1 atom stereocenters. The van der Waals surface area contributed by atoms with Gasteiger partial charge < -0.3 is 10.2 Å². The van der Waals surface area contributed by atoms with Crippen molar-refractivity contribution >= 4 is 21.8 Å². The van der Waals surface area contributed by atoms with Crippen molar-refractivity contribution in [2.24, 2.45) is 5.92 Å². The standard InChI is InChI=1S/C12H23BrN2O/c1-4-15-7-5-10(6-8-15)14-12(16)11(13)9(2)3/h9-11H,4-8H2,1-3H3,(H,14,16). The first-order valence-electron chi connectivity index (χ1n) is 6.21. The molecule has 1 heterocycles. The lowest BCUT2D eigenvalue weighted by atomic mass is 10.0. The van der Waals surface area contributed by atoms with Crippen molar-refractivity contribution in [3.8, 4) is 0 Å². The lowest BCUT2D eigenvalue weighted by molar-refractivity contribution is -0.122. The molecule has 0 spiro atoms. The van der Waals surface area contributed by atoms with Gasteiger partial charge in [0, 0.05) is 19.1 Å². The molecule has 16 heavy (non-hydrogen) atoms. The molecule has 0 aromatic heterocycles. The summed E-state index contributed by atoms with van der Waals surface area (Å²) in [7, 11) is 0. The van der Waals surface area contributed by atoms with Crippen LogP contribution in [-0.4, -0.2) is 41.3 Å². The Balaban J connectivity index is 2.31. The van der Waals surface area contributed by atoms with Crippen molar-refractivity contribution < 1.29 is 4.79 Å². The van der Waals surface area contributed by atoms with E-state index < -0.39 is 0 Å². The van der Waals surface area contributed by atoms with Crippen LogP contribution in [0.4, 0.5) is 0 Å². The minimum absolute atomic E-state index is 0.0586. The van der Waals surface area contributed by atoms with E-state index >= 15 is 0 Å². The first-order chi connectivity index (χ1) is 7.54. The molecule has 1 unspecified atom stereocenters. The van der Waals surface area contributed by atoms with E-state index in [1.165, 1.54) is 0 Å². The summed E-state index contributed by atoms with van der Waals surface area (Å²) in [5.41, 5.74) is 0. The SMILES string of the molecule is CCN1CCC(NC(=O)C(Br)C(C)C)CC1. The van der Waals surface area contributed by atoms with Crippen molar-refractivity contribution in [2.45, 2.75) is 44.5 Å². The van der Waals surface area contributed by atoms with Gasteiger partial charge in [0.1, 0.15) is 0 Å². The summed E-state index contributed by atoms with van der Waals surface area (Å²) in [6.45, 7) is 9.63. The molecule has 94 valence electrons. The molecule has 1 aliphatic rings. The van der Waals surface area contributed by atoms with Gasteiger partial charge in [-0.15, -0.1) is 0 Å². The summed E-state index contributed by atoms with van der Waals surface area (Å²) in [5, 5.41) is 3.13. The van der Waals surface area contributed by atoms with E-state index in [0.29, 0.717) is 12.0 Å².